The number of halogens is 1. The molecule has 0 atom stereocenters. The quantitative estimate of drug-likeness (QED) is 0.799. The molecule has 0 aliphatic rings. The van der Waals surface area contributed by atoms with Crippen LogP contribution in [0.2, 0.25) is 5.02 Å². The van der Waals surface area contributed by atoms with Crippen LogP contribution in [0.25, 0.3) is 10.8 Å². The molecule has 4 nitrogen and oxygen atoms in total. The van der Waals surface area contributed by atoms with Gasteiger partial charge in [0.15, 0.2) is 5.82 Å². The summed E-state index contributed by atoms with van der Waals surface area (Å²) in [5.74, 6) is 1.08. The van der Waals surface area contributed by atoms with E-state index < -0.39 is 0 Å². The van der Waals surface area contributed by atoms with E-state index in [-0.39, 0.29) is 5.75 Å². The summed E-state index contributed by atoms with van der Waals surface area (Å²) in [4.78, 5) is 4.86. The van der Waals surface area contributed by atoms with Gasteiger partial charge in [0, 0.05) is 11.4 Å². The van der Waals surface area contributed by atoms with Gasteiger partial charge in [-0.3, -0.25) is 0 Å². The summed E-state index contributed by atoms with van der Waals surface area (Å²) in [5.41, 5.74) is 1.05. The molecule has 96 valence electrons. The second-order valence-corrected chi connectivity index (χ2v) is 5.31. The second kappa shape index (κ2) is 5.03. The molecule has 0 bridgehead atoms. The van der Waals surface area contributed by atoms with Crippen molar-refractivity contribution in [1.82, 2.24) is 10.1 Å². The fourth-order valence-corrected chi connectivity index (χ4v) is 2.50. The van der Waals surface area contributed by atoms with Gasteiger partial charge in [-0.2, -0.15) is 4.98 Å². The number of hydrogen-bond acceptors (Lipinski definition) is 5. The van der Waals surface area contributed by atoms with E-state index >= 15 is 0 Å². The first kappa shape index (κ1) is 12.2. The molecule has 0 amide bonds. The summed E-state index contributed by atoms with van der Waals surface area (Å²) in [5, 5.41) is 16.0. The van der Waals surface area contributed by atoms with Crippen molar-refractivity contribution in [1.29, 1.82) is 0 Å². The number of thiophene rings is 1. The maximum Gasteiger partial charge on any atom is 0.271 e. The lowest BCUT2D eigenvalue weighted by Crippen LogP contribution is -1.90. The smallest absolute Gasteiger partial charge is 0.271 e. The standard InChI is InChI=1S/C13H9ClN2O2S/c14-9-3-1-8(2-4-9)7-11-15-13(18-16-11)12-10(17)5-6-19-12/h1-6,17H,7H2. The van der Waals surface area contributed by atoms with Gasteiger partial charge in [-0.15, -0.1) is 11.3 Å². The number of hydrogen-bond donors (Lipinski definition) is 1. The fraction of sp³-hybridized carbons (Fsp3) is 0.0769. The molecule has 0 saturated carbocycles. The number of aromatic nitrogens is 2. The normalized spacial score (nSPS) is 10.8. The van der Waals surface area contributed by atoms with Crippen molar-refractivity contribution in [3.63, 3.8) is 0 Å². The Hall–Kier alpha value is -1.85. The molecule has 0 spiro atoms. The molecule has 0 aliphatic heterocycles. The van der Waals surface area contributed by atoms with Gasteiger partial charge in [0.05, 0.1) is 0 Å². The Bertz CT molecular complexity index is 691. The summed E-state index contributed by atoms with van der Waals surface area (Å²) >= 11 is 7.19. The molecular formula is C13H9ClN2O2S. The predicted molar refractivity (Wildman–Crippen MR) is 73.5 cm³/mol. The minimum Gasteiger partial charge on any atom is -0.506 e. The highest BCUT2D eigenvalue weighted by atomic mass is 35.5. The Kier molecular flexibility index (Phi) is 3.23. The maximum absolute atomic E-state index is 9.60. The van der Waals surface area contributed by atoms with Crippen LogP contribution in [0.1, 0.15) is 11.4 Å². The maximum atomic E-state index is 9.60. The fourth-order valence-electron chi connectivity index (χ4n) is 1.67. The molecule has 1 N–H and O–H groups in total. The second-order valence-electron chi connectivity index (χ2n) is 3.95. The van der Waals surface area contributed by atoms with Crippen LogP contribution in [0.4, 0.5) is 0 Å². The molecule has 2 heterocycles. The van der Waals surface area contributed by atoms with E-state index in [1.165, 1.54) is 11.3 Å². The van der Waals surface area contributed by atoms with Crippen molar-refractivity contribution in [3.05, 3.63) is 52.1 Å². The van der Waals surface area contributed by atoms with Gasteiger partial charge in [-0.05, 0) is 29.1 Å². The van der Waals surface area contributed by atoms with Crippen LogP contribution in [-0.4, -0.2) is 15.2 Å². The van der Waals surface area contributed by atoms with Crippen LogP contribution in [0, 0.1) is 0 Å². The third-order valence-corrected chi connectivity index (χ3v) is 3.73. The highest BCUT2D eigenvalue weighted by molar-refractivity contribution is 7.13. The van der Waals surface area contributed by atoms with Crippen molar-refractivity contribution in [2.24, 2.45) is 0 Å². The average molecular weight is 293 g/mol. The van der Waals surface area contributed by atoms with Crippen LogP contribution in [0.15, 0.2) is 40.2 Å². The summed E-state index contributed by atoms with van der Waals surface area (Å²) < 4.78 is 5.15. The first-order valence-electron chi connectivity index (χ1n) is 5.56. The lowest BCUT2D eigenvalue weighted by Gasteiger charge is -1.96. The van der Waals surface area contributed by atoms with E-state index in [1.54, 1.807) is 11.4 Å². The third-order valence-electron chi connectivity index (χ3n) is 2.58. The lowest BCUT2D eigenvalue weighted by atomic mass is 10.1. The Balaban J connectivity index is 1.82. The number of rotatable bonds is 3. The average Bonchev–Trinajstić information content (AvgIpc) is 3.01. The molecule has 6 heteroatoms. The number of nitrogens with zero attached hydrogens (tertiary/aromatic N) is 2. The minimum atomic E-state index is 0.159. The van der Waals surface area contributed by atoms with E-state index in [0.29, 0.717) is 28.0 Å². The molecular weight excluding hydrogens is 284 g/mol. The van der Waals surface area contributed by atoms with Crippen LogP contribution in [0.3, 0.4) is 0 Å². The van der Waals surface area contributed by atoms with Gasteiger partial charge >= 0.3 is 0 Å². The van der Waals surface area contributed by atoms with Crippen molar-refractivity contribution >= 4 is 22.9 Å². The van der Waals surface area contributed by atoms with Gasteiger partial charge < -0.3 is 9.63 Å². The minimum absolute atomic E-state index is 0.159. The van der Waals surface area contributed by atoms with Crippen molar-refractivity contribution in [2.75, 3.05) is 0 Å². The number of aromatic hydroxyl groups is 1. The molecule has 0 fully saturated rings. The SMILES string of the molecule is Oc1ccsc1-c1nc(Cc2ccc(Cl)cc2)no1. The zero-order valence-electron chi connectivity index (χ0n) is 9.71. The topological polar surface area (TPSA) is 59.2 Å². The Morgan fingerprint density at radius 2 is 2.00 bits per heavy atom. The highest BCUT2D eigenvalue weighted by Crippen LogP contribution is 2.33. The first-order chi connectivity index (χ1) is 9.22. The molecule has 3 rings (SSSR count). The first-order valence-corrected chi connectivity index (χ1v) is 6.82. The molecule has 2 aromatic heterocycles. The van der Waals surface area contributed by atoms with Crippen LogP contribution < -0.4 is 0 Å². The summed E-state index contributed by atoms with van der Waals surface area (Å²) in [6, 6.07) is 9.08. The highest BCUT2D eigenvalue weighted by Gasteiger charge is 2.14. The molecule has 3 aromatic rings. The molecule has 0 saturated heterocycles. The van der Waals surface area contributed by atoms with Gasteiger partial charge in [0.1, 0.15) is 10.6 Å². The van der Waals surface area contributed by atoms with E-state index in [4.69, 9.17) is 16.1 Å². The molecule has 19 heavy (non-hydrogen) atoms. The van der Waals surface area contributed by atoms with Crippen LogP contribution in [-0.2, 0) is 6.42 Å². The summed E-state index contributed by atoms with van der Waals surface area (Å²) in [7, 11) is 0. The number of benzene rings is 1. The zero-order chi connectivity index (χ0) is 13.2. The Labute approximate surface area is 118 Å². The van der Waals surface area contributed by atoms with Crippen LogP contribution >= 0.6 is 22.9 Å². The zero-order valence-corrected chi connectivity index (χ0v) is 11.3. The van der Waals surface area contributed by atoms with Crippen molar-refractivity contribution < 1.29 is 9.63 Å². The lowest BCUT2D eigenvalue weighted by molar-refractivity contribution is 0.420. The molecule has 0 radical (unpaired) electrons. The molecule has 0 aliphatic carbocycles. The van der Waals surface area contributed by atoms with E-state index in [0.717, 1.165) is 5.56 Å². The third kappa shape index (κ3) is 2.62. The Morgan fingerprint density at radius 3 is 2.68 bits per heavy atom. The van der Waals surface area contributed by atoms with Gasteiger partial charge in [-0.25, -0.2) is 0 Å². The summed E-state index contributed by atoms with van der Waals surface area (Å²) in [6.07, 6.45) is 0.562. The van der Waals surface area contributed by atoms with Gasteiger partial charge in [-0.1, -0.05) is 28.9 Å². The molecule has 0 unspecified atom stereocenters. The monoisotopic (exact) mass is 292 g/mol. The van der Waals surface area contributed by atoms with Crippen LogP contribution in [0.5, 0.6) is 5.75 Å². The largest absolute Gasteiger partial charge is 0.506 e. The molecule has 1 aromatic carbocycles. The van der Waals surface area contributed by atoms with E-state index in [2.05, 4.69) is 10.1 Å². The van der Waals surface area contributed by atoms with Gasteiger partial charge in [0.2, 0.25) is 0 Å². The van der Waals surface area contributed by atoms with Crippen molar-refractivity contribution in [3.8, 4) is 16.5 Å². The predicted octanol–water partition coefficient (Wildman–Crippen LogP) is 3.75. The Morgan fingerprint density at radius 1 is 1.21 bits per heavy atom. The van der Waals surface area contributed by atoms with Gasteiger partial charge in [0.25, 0.3) is 5.89 Å². The summed E-state index contributed by atoms with van der Waals surface area (Å²) in [6.45, 7) is 0. The van der Waals surface area contributed by atoms with E-state index in [1.807, 2.05) is 24.3 Å². The van der Waals surface area contributed by atoms with Crippen molar-refractivity contribution in [2.45, 2.75) is 6.42 Å². The van der Waals surface area contributed by atoms with E-state index in [9.17, 15) is 5.11 Å².